The van der Waals surface area contributed by atoms with Gasteiger partial charge in [0.15, 0.2) is 0 Å². The van der Waals surface area contributed by atoms with Crippen LogP contribution < -0.4 is 0 Å². The SMILES string of the molecule is CC1=C(C=O)CCc2c(Cl)cccc21. The highest BCUT2D eigenvalue weighted by Crippen LogP contribution is 2.33. The van der Waals surface area contributed by atoms with E-state index in [2.05, 4.69) is 0 Å². The number of hydrogen-bond donors (Lipinski definition) is 0. The maximum atomic E-state index is 10.8. The van der Waals surface area contributed by atoms with Gasteiger partial charge in [-0.15, -0.1) is 0 Å². The van der Waals surface area contributed by atoms with Gasteiger partial charge < -0.3 is 0 Å². The fraction of sp³-hybridized carbons (Fsp3) is 0.250. The highest BCUT2D eigenvalue weighted by atomic mass is 35.5. The predicted molar refractivity (Wildman–Crippen MR) is 58.4 cm³/mol. The van der Waals surface area contributed by atoms with Crippen LogP contribution in [0.3, 0.4) is 0 Å². The molecule has 0 aromatic heterocycles. The van der Waals surface area contributed by atoms with Gasteiger partial charge in [-0.05, 0) is 48.1 Å². The predicted octanol–water partition coefficient (Wildman–Crippen LogP) is 3.26. The quantitative estimate of drug-likeness (QED) is 0.645. The lowest BCUT2D eigenvalue weighted by Crippen LogP contribution is -2.04. The molecule has 0 saturated heterocycles. The van der Waals surface area contributed by atoms with Crippen LogP contribution in [0.2, 0.25) is 5.02 Å². The molecule has 0 spiro atoms. The molecule has 1 nitrogen and oxygen atoms in total. The maximum absolute atomic E-state index is 10.8. The Hall–Kier alpha value is -1.08. The molecule has 14 heavy (non-hydrogen) atoms. The van der Waals surface area contributed by atoms with Gasteiger partial charge in [0.1, 0.15) is 6.29 Å². The molecular weight excluding hydrogens is 196 g/mol. The summed E-state index contributed by atoms with van der Waals surface area (Å²) in [6.07, 6.45) is 2.64. The van der Waals surface area contributed by atoms with Crippen LogP contribution in [0.15, 0.2) is 23.8 Å². The van der Waals surface area contributed by atoms with Crippen molar-refractivity contribution in [1.29, 1.82) is 0 Å². The lowest BCUT2D eigenvalue weighted by atomic mass is 9.87. The number of aldehydes is 1. The van der Waals surface area contributed by atoms with Crippen molar-refractivity contribution in [1.82, 2.24) is 0 Å². The van der Waals surface area contributed by atoms with Crippen molar-refractivity contribution in [2.24, 2.45) is 0 Å². The van der Waals surface area contributed by atoms with Gasteiger partial charge in [-0.1, -0.05) is 23.7 Å². The average Bonchev–Trinajstić information content (AvgIpc) is 2.20. The second kappa shape index (κ2) is 3.58. The van der Waals surface area contributed by atoms with Crippen LogP contribution in [0, 0.1) is 0 Å². The van der Waals surface area contributed by atoms with E-state index in [0.29, 0.717) is 0 Å². The Morgan fingerprint density at radius 2 is 2.14 bits per heavy atom. The number of rotatable bonds is 1. The molecule has 2 heteroatoms. The Balaban J connectivity index is 2.63. The minimum absolute atomic E-state index is 0.812. The van der Waals surface area contributed by atoms with Crippen LogP contribution in [-0.2, 0) is 11.2 Å². The Morgan fingerprint density at radius 1 is 1.36 bits per heavy atom. The van der Waals surface area contributed by atoms with Crippen molar-refractivity contribution in [2.75, 3.05) is 0 Å². The molecule has 2 rings (SSSR count). The van der Waals surface area contributed by atoms with Gasteiger partial charge in [0.2, 0.25) is 0 Å². The molecule has 0 radical (unpaired) electrons. The first-order valence-corrected chi connectivity index (χ1v) is 5.04. The minimum Gasteiger partial charge on any atom is -0.298 e. The van der Waals surface area contributed by atoms with E-state index in [-0.39, 0.29) is 0 Å². The summed E-state index contributed by atoms with van der Waals surface area (Å²) in [6, 6.07) is 5.86. The number of hydrogen-bond acceptors (Lipinski definition) is 1. The monoisotopic (exact) mass is 206 g/mol. The standard InChI is InChI=1S/C12H11ClO/c1-8-9(7-14)5-6-11-10(8)3-2-4-12(11)13/h2-4,7H,5-6H2,1H3. The van der Waals surface area contributed by atoms with Crippen molar-refractivity contribution in [2.45, 2.75) is 19.8 Å². The van der Waals surface area contributed by atoms with Gasteiger partial charge in [-0.2, -0.15) is 0 Å². The number of carbonyl (C=O) groups is 1. The third-order valence-corrected chi connectivity index (χ3v) is 3.15. The van der Waals surface area contributed by atoms with Gasteiger partial charge >= 0.3 is 0 Å². The van der Waals surface area contributed by atoms with Crippen LogP contribution in [0.25, 0.3) is 5.57 Å². The Kier molecular flexibility index (Phi) is 2.42. The zero-order valence-corrected chi connectivity index (χ0v) is 8.77. The van der Waals surface area contributed by atoms with Gasteiger partial charge in [0, 0.05) is 5.02 Å². The second-order valence-corrected chi connectivity index (χ2v) is 3.94. The summed E-state index contributed by atoms with van der Waals surface area (Å²) in [4.78, 5) is 10.8. The number of halogens is 1. The number of fused-ring (bicyclic) bond motifs is 1. The van der Waals surface area contributed by atoms with Gasteiger partial charge in [-0.25, -0.2) is 0 Å². The zero-order chi connectivity index (χ0) is 10.1. The molecule has 0 heterocycles. The third kappa shape index (κ3) is 1.38. The lowest BCUT2D eigenvalue weighted by molar-refractivity contribution is -0.105. The average molecular weight is 207 g/mol. The molecule has 1 aliphatic rings. The summed E-state index contributed by atoms with van der Waals surface area (Å²) in [5.41, 5.74) is 4.28. The largest absolute Gasteiger partial charge is 0.298 e. The first kappa shape index (κ1) is 9.47. The summed E-state index contributed by atoms with van der Waals surface area (Å²) < 4.78 is 0. The molecule has 1 aromatic carbocycles. The van der Waals surface area contributed by atoms with Crippen LogP contribution in [-0.4, -0.2) is 6.29 Å². The lowest BCUT2D eigenvalue weighted by Gasteiger charge is -2.19. The van der Waals surface area contributed by atoms with E-state index in [9.17, 15) is 4.79 Å². The molecule has 0 bridgehead atoms. The van der Waals surface area contributed by atoms with E-state index in [0.717, 1.165) is 40.9 Å². The van der Waals surface area contributed by atoms with Crippen molar-refractivity contribution in [3.63, 3.8) is 0 Å². The smallest absolute Gasteiger partial charge is 0.146 e. The first-order valence-electron chi connectivity index (χ1n) is 4.66. The van der Waals surface area contributed by atoms with Crippen molar-refractivity contribution in [3.05, 3.63) is 39.9 Å². The normalized spacial score (nSPS) is 15.3. The number of benzene rings is 1. The maximum Gasteiger partial charge on any atom is 0.146 e. The van der Waals surface area contributed by atoms with Crippen molar-refractivity contribution < 1.29 is 4.79 Å². The van der Waals surface area contributed by atoms with E-state index >= 15 is 0 Å². The number of allylic oxidation sites excluding steroid dienone is 2. The first-order chi connectivity index (χ1) is 6.74. The summed E-state index contributed by atoms with van der Waals surface area (Å²) >= 11 is 6.09. The number of carbonyl (C=O) groups excluding carboxylic acids is 1. The van der Waals surface area contributed by atoms with Gasteiger partial charge in [-0.3, -0.25) is 4.79 Å². The van der Waals surface area contributed by atoms with E-state index < -0.39 is 0 Å². The van der Waals surface area contributed by atoms with E-state index in [1.165, 1.54) is 5.56 Å². The molecule has 0 amide bonds. The molecule has 0 aliphatic heterocycles. The summed E-state index contributed by atoms with van der Waals surface area (Å²) in [6.45, 7) is 1.98. The van der Waals surface area contributed by atoms with E-state index in [4.69, 9.17) is 11.6 Å². The fourth-order valence-electron chi connectivity index (χ4n) is 1.93. The Labute approximate surface area is 88.4 Å². The molecule has 0 unspecified atom stereocenters. The topological polar surface area (TPSA) is 17.1 Å². The molecule has 1 aromatic rings. The fourth-order valence-corrected chi connectivity index (χ4v) is 2.20. The van der Waals surface area contributed by atoms with Crippen LogP contribution in [0.4, 0.5) is 0 Å². The molecular formula is C12H11ClO. The van der Waals surface area contributed by atoms with E-state index in [1.54, 1.807) is 0 Å². The van der Waals surface area contributed by atoms with Gasteiger partial charge in [0.05, 0.1) is 0 Å². The minimum atomic E-state index is 0.812. The van der Waals surface area contributed by atoms with E-state index in [1.807, 2.05) is 25.1 Å². The summed E-state index contributed by atoms with van der Waals surface area (Å²) in [5, 5.41) is 0.812. The highest BCUT2D eigenvalue weighted by molar-refractivity contribution is 6.31. The molecule has 0 atom stereocenters. The highest BCUT2D eigenvalue weighted by Gasteiger charge is 2.16. The summed E-state index contributed by atoms with van der Waals surface area (Å²) in [5.74, 6) is 0. The third-order valence-electron chi connectivity index (χ3n) is 2.79. The van der Waals surface area contributed by atoms with Gasteiger partial charge in [0.25, 0.3) is 0 Å². The van der Waals surface area contributed by atoms with Crippen LogP contribution in [0.5, 0.6) is 0 Å². The molecule has 0 fully saturated rings. The van der Waals surface area contributed by atoms with Crippen LogP contribution in [0.1, 0.15) is 24.5 Å². The Bertz CT molecular complexity index is 418. The van der Waals surface area contributed by atoms with Crippen molar-refractivity contribution in [3.8, 4) is 0 Å². The molecule has 0 N–H and O–H groups in total. The molecule has 72 valence electrons. The molecule has 1 aliphatic carbocycles. The van der Waals surface area contributed by atoms with Crippen LogP contribution >= 0.6 is 11.6 Å². The summed E-state index contributed by atoms with van der Waals surface area (Å²) in [7, 11) is 0. The second-order valence-electron chi connectivity index (χ2n) is 3.53. The zero-order valence-electron chi connectivity index (χ0n) is 8.01. The van der Waals surface area contributed by atoms with Crippen molar-refractivity contribution >= 4 is 23.5 Å². The molecule has 0 saturated carbocycles. The Morgan fingerprint density at radius 3 is 2.86 bits per heavy atom.